The summed E-state index contributed by atoms with van der Waals surface area (Å²) in [6.45, 7) is -0.356. The standard InChI is InChI=1S/C20H26O12/c1-10(22)31-14-6-11(2-4-13(14)24)3-5-16(25)29-8-12(23)9-30-20-19(28)18(27)17(26)15(7-21)32-20/h2-6,12,15,17-21,23-24,26-28H,7-9H2,1H3/t12-,15?,17?,18?,19?,20?/m1/s1. The number of aromatic hydroxyl groups is 1. The highest BCUT2D eigenvalue weighted by Gasteiger charge is 2.44. The van der Waals surface area contributed by atoms with Crippen molar-refractivity contribution in [2.45, 2.75) is 43.7 Å². The van der Waals surface area contributed by atoms with E-state index in [9.17, 15) is 35.1 Å². The quantitative estimate of drug-likeness (QED) is 0.136. The molecular formula is C20H26O12. The van der Waals surface area contributed by atoms with E-state index in [0.29, 0.717) is 5.56 Å². The van der Waals surface area contributed by atoms with Gasteiger partial charge in [-0.1, -0.05) is 6.07 Å². The summed E-state index contributed by atoms with van der Waals surface area (Å²) in [5, 5.41) is 57.9. The molecule has 5 unspecified atom stereocenters. The molecule has 6 N–H and O–H groups in total. The number of aliphatic hydroxyl groups excluding tert-OH is 5. The molecule has 1 aromatic rings. The molecule has 0 bridgehead atoms. The molecule has 0 aromatic heterocycles. The van der Waals surface area contributed by atoms with Gasteiger partial charge in [0.25, 0.3) is 0 Å². The summed E-state index contributed by atoms with van der Waals surface area (Å²) in [4.78, 5) is 22.8. The van der Waals surface area contributed by atoms with Crippen molar-refractivity contribution in [2.75, 3.05) is 19.8 Å². The molecule has 178 valence electrons. The smallest absolute Gasteiger partial charge is 0.330 e. The lowest BCUT2D eigenvalue weighted by atomic mass is 9.99. The minimum atomic E-state index is -1.62. The van der Waals surface area contributed by atoms with Gasteiger partial charge in [0.15, 0.2) is 17.8 Å². The highest BCUT2D eigenvalue weighted by Crippen LogP contribution is 2.27. The zero-order valence-electron chi connectivity index (χ0n) is 17.1. The van der Waals surface area contributed by atoms with Crippen LogP contribution in [0.4, 0.5) is 0 Å². The van der Waals surface area contributed by atoms with E-state index in [0.717, 1.165) is 6.08 Å². The van der Waals surface area contributed by atoms with E-state index in [-0.39, 0.29) is 11.5 Å². The van der Waals surface area contributed by atoms with Crippen LogP contribution in [-0.4, -0.2) is 99.2 Å². The number of hydrogen-bond acceptors (Lipinski definition) is 12. The number of phenols is 1. The summed E-state index contributed by atoms with van der Waals surface area (Å²) in [6.07, 6.45) is -6.26. The van der Waals surface area contributed by atoms with E-state index < -0.39 is 68.6 Å². The molecule has 1 saturated heterocycles. The summed E-state index contributed by atoms with van der Waals surface area (Å²) in [7, 11) is 0. The minimum absolute atomic E-state index is 0.0752. The molecule has 1 aliphatic heterocycles. The SMILES string of the molecule is CC(=O)Oc1cc(C=CC(=O)OC[C@@H](O)COC2OC(CO)C(O)C(O)C2O)ccc1O. The average molecular weight is 458 g/mol. The zero-order valence-corrected chi connectivity index (χ0v) is 17.1. The fourth-order valence-corrected chi connectivity index (χ4v) is 2.72. The van der Waals surface area contributed by atoms with Crippen molar-refractivity contribution in [3.63, 3.8) is 0 Å². The average Bonchev–Trinajstić information content (AvgIpc) is 2.75. The lowest BCUT2D eigenvalue weighted by Gasteiger charge is -2.39. The normalized spacial score (nSPS) is 26.6. The second kappa shape index (κ2) is 11.9. The van der Waals surface area contributed by atoms with Gasteiger partial charge >= 0.3 is 11.9 Å². The molecule has 32 heavy (non-hydrogen) atoms. The van der Waals surface area contributed by atoms with Crippen LogP contribution in [0.25, 0.3) is 6.08 Å². The fraction of sp³-hybridized carbons (Fsp3) is 0.500. The summed E-state index contributed by atoms with van der Waals surface area (Å²) < 4.78 is 20.0. The van der Waals surface area contributed by atoms with Gasteiger partial charge in [-0.3, -0.25) is 4.79 Å². The summed E-state index contributed by atoms with van der Waals surface area (Å²) in [5.41, 5.74) is 0.433. The molecule has 6 atom stereocenters. The van der Waals surface area contributed by atoms with E-state index in [4.69, 9.17) is 24.1 Å². The van der Waals surface area contributed by atoms with Crippen molar-refractivity contribution in [3.05, 3.63) is 29.8 Å². The third kappa shape index (κ3) is 7.24. The Hall–Kier alpha value is -2.58. The Morgan fingerprint density at radius 3 is 2.53 bits per heavy atom. The Bertz CT molecular complexity index is 808. The van der Waals surface area contributed by atoms with Gasteiger partial charge in [-0.15, -0.1) is 0 Å². The highest BCUT2D eigenvalue weighted by molar-refractivity contribution is 5.87. The van der Waals surface area contributed by atoms with Crippen LogP contribution in [0.3, 0.4) is 0 Å². The predicted molar refractivity (Wildman–Crippen MR) is 105 cm³/mol. The first-order chi connectivity index (χ1) is 15.1. The lowest BCUT2D eigenvalue weighted by molar-refractivity contribution is -0.304. The zero-order chi connectivity index (χ0) is 23.8. The third-order valence-corrected chi connectivity index (χ3v) is 4.37. The van der Waals surface area contributed by atoms with Crippen LogP contribution >= 0.6 is 0 Å². The Morgan fingerprint density at radius 2 is 1.88 bits per heavy atom. The minimum Gasteiger partial charge on any atom is -0.504 e. The summed E-state index contributed by atoms with van der Waals surface area (Å²) in [6, 6.07) is 4.09. The van der Waals surface area contributed by atoms with Gasteiger partial charge < -0.3 is 49.6 Å². The maximum Gasteiger partial charge on any atom is 0.330 e. The topological polar surface area (TPSA) is 192 Å². The van der Waals surface area contributed by atoms with Gasteiger partial charge in [-0.25, -0.2) is 4.79 Å². The van der Waals surface area contributed by atoms with E-state index in [2.05, 4.69) is 0 Å². The fourth-order valence-electron chi connectivity index (χ4n) is 2.72. The molecule has 0 aliphatic carbocycles. The maximum absolute atomic E-state index is 11.8. The van der Waals surface area contributed by atoms with Crippen LogP contribution < -0.4 is 4.74 Å². The van der Waals surface area contributed by atoms with Crippen molar-refractivity contribution >= 4 is 18.0 Å². The van der Waals surface area contributed by atoms with Crippen molar-refractivity contribution < 1.29 is 59.2 Å². The first kappa shape index (κ1) is 25.7. The number of rotatable bonds is 9. The van der Waals surface area contributed by atoms with Crippen LogP contribution in [0.5, 0.6) is 11.5 Å². The number of aliphatic hydroxyl groups is 5. The first-order valence-electron chi connectivity index (χ1n) is 9.58. The molecule has 0 amide bonds. The molecule has 0 spiro atoms. The largest absolute Gasteiger partial charge is 0.504 e. The third-order valence-electron chi connectivity index (χ3n) is 4.37. The van der Waals surface area contributed by atoms with Crippen molar-refractivity contribution in [2.24, 2.45) is 0 Å². The van der Waals surface area contributed by atoms with Crippen LogP contribution in [0.1, 0.15) is 12.5 Å². The van der Waals surface area contributed by atoms with Gasteiger partial charge in [-0.05, 0) is 23.8 Å². The number of hydrogen-bond donors (Lipinski definition) is 6. The summed E-state index contributed by atoms with van der Waals surface area (Å²) in [5.74, 6) is -1.75. The maximum atomic E-state index is 11.8. The van der Waals surface area contributed by atoms with E-state index in [1.54, 1.807) is 0 Å². The lowest BCUT2D eigenvalue weighted by Crippen LogP contribution is -2.59. The molecular weight excluding hydrogens is 432 g/mol. The molecule has 1 aromatic carbocycles. The van der Waals surface area contributed by atoms with Crippen molar-refractivity contribution in [3.8, 4) is 11.5 Å². The number of esters is 2. The number of carbonyl (C=O) groups is 2. The Balaban J connectivity index is 1.80. The molecule has 2 rings (SSSR count). The summed E-state index contributed by atoms with van der Waals surface area (Å²) >= 11 is 0. The second-order valence-electron chi connectivity index (χ2n) is 6.97. The van der Waals surface area contributed by atoms with Crippen LogP contribution in [-0.2, 0) is 23.8 Å². The van der Waals surface area contributed by atoms with Crippen molar-refractivity contribution in [1.82, 2.24) is 0 Å². The van der Waals surface area contributed by atoms with E-state index >= 15 is 0 Å². The molecule has 0 radical (unpaired) electrons. The second-order valence-corrected chi connectivity index (χ2v) is 6.97. The van der Waals surface area contributed by atoms with Crippen molar-refractivity contribution in [1.29, 1.82) is 0 Å². The van der Waals surface area contributed by atoms with Gasteiger partial charge in [0.05, 0.1) is 13.2 Å². The predicted octanol–water partition coefficient (Wildman–Crippen LogP) is -1.95. The molecule has 0 saturated carbocycles. The molecule has 1 aliphatic rings. The highest BCUT2D eigenvalue weighted by atomic mass is 16.7. The van der Waals surface area contributed by atoms with Crippen LogP contribution in [0.15, 0.2) is 24.3 Å². The monoisotopic (exact) mass is 458 g/mol. The van der Waals surface area contributed by atoms with Crippen LogP contribution in [0, 0.1) is 0 Å². The van der Waals surface area contributed by atoms with Gasteiger partial charge in [0.1, 0.15) is 37.1 Å². The Kier molecular flexibility index (Phi) is 9.53. The Labute approximate surface area is 182 Å². The van der Waals surface area contributed by atoms with Gasteiger partial charge in [-0.2, -0.15) is 0 Å². The number of benzene rings is 1. The number of carbonyl (C=O) groups excluding carboxylic acids is 2. The van der Waals surface area contributed by atoms with E-state index in [1.807, 2.05) is 0 Å². The number of ether oxygens (including phenoxy) is 4. The van der Waals surface area contributed by atoms with E-state index in [1.165, 1.54) is 31.2 Å². The first-order valence-corrected chi connectivity index (χ1v) is 9.58. The molecule has 1 fully saturated rings. The number of phenolic OH excluding ortho intramolecular Hbond substituents is 1. The van der Waals surface area contributed by atoms with Crippen LogP contribution in [0.2, 0.25) is 0 Å². The Morgan fingerprint density at radius 1 is 1.16 bits per heavy atom. The molecule has 1 heterocycles. The molecule has 12 heteroatoms. The van der Waals surface area contributed by atoms with Gasteiger partial charge in [0.2, 0.25) is 0 Å². The molecule has 12 nitrogen and oxygen atoms in total. The van der Waals surface area contributed by atoms with Gasteiger partial charge in [0, 0.05) is 13.0 Å².